The van der Waals surface area contributed by atoms with E-state index in [9.17, 15) is 4.79 Å². The van der Waals surface area contributed by atoms with E-state index < -0.39 is 5.97 Å². The molecular weight excluding hydrogens is 222 g/mol. The van der Waals surface area contributed by atoms with Crippen molar-refractivity contribution in [2.24, 2.45) is 0 Å². The second-order valence-corrected chi connectivity index (χ2v) is 3.50. The zero-order chi connectivity index (χ0) is 12.3. The van der Waals surface area contributed by atoms with Crippen molar-refractivity contribution < 1.29 is 14.3 Å². The van der Waals surface area contributed by atoms with E-state index in [2.05, 4.69) is 9.97 Å². The second kappa shape index (κ2) is 4.65. The molecule has 0 aliphatic rings. The molecule has 88 valence electrons. The van der Waals surface area contributed by atoms with E-state index in [1.165, 1.54) is 12.4 Å². The van der Waals surface area contributed by atoms with E-state index in [0.29, 0.717) is 12.4 Å². The van der Waals surface area contributed by atoms with Gasteiger partial charge in [0.15, 0.2) is 5.69 Å². The van der Waals surface area contributed by atoms with Gasteiger partial charge in [-0.3, -0.25) is 4.98 Å². The molecule has 1 N–H and O–H groups in total. The number of carbonyl (C=O) groups is 1. The molecule has 0 aliphatic heterocycles. The fourth-order valence-corrected chi connectivity index (χ4v) is 1.36. The zero-order valence-corrected chi connectivity index (χ0v) is 9.20. The van der Waals surface area contributed by atoms with Crippen molar-refractivity contribution in [3.05, 3.63) is 42.2 Å². The summed E-state index contributed by atoms with van der Waals surface area (Å²) in [5, 5.41) is 8.81. The standard InChI is InChI=1S/C11H11N3O3/c1-14(7-8-3-2-4-17-8)10-6-12-5-9(13-10)11(15)16/h2-6H,7H2,1H3,(H,15,16). The highest BCUT2D eigenvalue weighted by atomic mass is 16.4. The number of rotatable bonds is 4. The Morgan fingerprint density at radius 3 is 3.00 bits per heavy atom. The third-order valence-corrected chi connectivity index (χ3v) is 2.21. The van der Waals surface area contributed by atoms with Gasteiger partial charge in [0.1, 0.15) is 11.6 Å². The minimum absolute atomic E-state index is 0.0752. The first-order chi connectivity index (χ1) is 8.16. The molecule has 17 heavy (non-hydrogen) atoms. The van der Waals surface area contributed by atoms with Crippen LogP contribution in [0.2, 0.25) is 0 Å². The summed E-state index contributed by atoms with van der Waals surface area (Å²) in [5.41, 5.74) is -0.0752. The summed E-state index contributed by atoms with van der Waals surface area (Å²) < 4.78 is 5.20. The molecule has 0 amide bonds. The molecular formula is C11H11N3O3. The number of furan rings is 1. The summed E-state index contributed by atoms with van der Waals surface area (Å²) in [6.07, 6.45) is 4.31. The number of carboxylic acids is 1. The highest BCUT2D eigenvalue weighted by molar-refractivity contribution is 5.85. The van der Waals surface area contributed by atoms with E-state index >= 15 is 0 Å². The van der Waals surface area contributed by atoms with Crippen molar-refractivity contribution in [2.75, 3.05) is 11.9 Å². The van der Waals surface area contributed by atoms with E-state index in [-0.39, 0.29) is 5.69 Å². The van der Waals surface area contributed by atoms with Crippen molar-refractivity contribution in [3.8, 4) is 0 Å². The minimum Gasteiger partial charge on any atom is -0.476 e. The maximum Gasteiger partial charge on any atom is 0.356 e. The lowest BCUT2D eigenvalue weighted by molar-refractivity contribution is 0.0690. The molecule has 2 rings (SSSR count). The predicted octanol–water partition coefficient (Wildman–Crippen LogP) is 1.40. The molecule has 0 radical (unpaired) electrons. The SMILES string of the molecule is CN(Cc1ccco1)c1cncc(C(=O)O)n1. The number of nitrogens with zero attached hydrogens (tertiary/aromatic N) is 3. The summed E-state index contributed by atoms with van der Waals surface area (Å²) in [6.45, 7) is 0.505. The Morgan fingerprint density at radius 1 is 1.53 bits per heavy atom. The van der Waals surface area contributed by atoms with Crippen LogP contribution in [0, 0.1) is 0 Å². The molecule has 0 aliphatic carbocycles. The molecule has 0 saturated heterocycles. The van der Waals surface area contributed by atoms with E-state index in [4.69, 9.17) is 9.52 Å². The number of aromatic carboxylic acids is 1. The van der Waals surface area contributed by atoms with Gasteiger partial charge in [0.2, 0.25) is 0 Å². The van der Waals surface area contributed by atoms with Crippen LogP contribution in [0.4, 0.5) is 5.82 Å². The van der Waals surface area contributed by atoms with Crippen molar-refractivity contribution in [1.29, 1.82) is 0 Å². The van der Waals surface area contributed by atoms with Gasteiger partial charge in [-0.2, -0.15) is 0 Å². The number of anilines is 1. The Labute approximate surface area is 97.5 Å². The van der Waals surface area contributed by atoms with Gasteiger partial charge >= 0.3 is 5.97 Å². The van der Waals surface area contributed by atoms with Gasteiger partial charge in [0, 0.05) is 7.05 Å². The van der Waals surface area contributed by atoms with Crippen LogP contribution < -0.4 is 4.90 Å². The Kier molecular flexibility index (Phi) is 3.04. The normalized spacial score (nSPS) is 10.2. The smallest absolute Gasteiger partial charge is 0.356 e. The molecule has 0 bridgehead atoms. The molecule has 0 saturated carbocycles. The quantitative estimate of drug-likeness (QED) is 0.859. The molecule has 0 spiro atoms. The van der Waals surface area contributed by atoms with Crippen LogP contribution in [0.1, 0.15) is 16.2 Å². The van der Waals surface area contributed by atoms with Crippen molar-refractivity contribution in [2.45, 2.75) is 6.54 Å². The largest absolute Gasteiger partial charge is 0.476 e. The molecule has 0 aromatic carbocycles. The van der Waals surface area contributed by atoms with Crippen LogP contribution >= 0.6 is 0 Å². The van der Waals surface area contributed by atoms with Crippen molar-refractivity contribution in [1.82, 2.24) is 9.97 Å². The maximum atomic E-state index is 10.8. The average Bonchev–Trinajstić information content (AvgIpc) is 2.82. The Hall–Kier alpha value is -2.37. The van der Waals surface area contributed by atoms with Crippen LogP contribution in [0.15, 0.2) is 35.2 Å². The third kappa shape index (κ3) is 2.60. The minimum atomic E-state index is -1.09. The van der Waals surface area contributed by atoms with Crippen LogP contribution in [0.5, 0.6) is 0 Å². The van der Waals surface area contributed by atoms with Gasteiger partial charge in [-0.05, 0) is 12.1 Å². The lowest BCUT2D eigenvalue weighted by atomic mass is 10.4. The van der Waals surface area contributed by atoms with Gasteiger partial charge in [0.05, 0.1) is 25.2 Å². The third-order valence-electron chi connectivity index (χ3n) is 2.21. The van der Waals surface area contributed by atoms with E-state index in [1.807, 2.05) is 6.07 Å². The Morgan fingerprint density at radius 2 is 2.35 bits per heavy atom. The summed E-state index contributed by atoms with van der Waals surface area (Å²) in [7, 11) is 1.79. The fourth-order valence-electron chi connectivity index (χ4n) is 1.36. The molecule has 2 heterocycles. The number of aromatic nitrogens is 2. The molecule has 2 aromatic rings. The first-order valence-electron chi connectivity index (χ1n) is 4.95. The lowest BCUT2D eigenvalue weighted by Crippen LogP contribution is -2.18. The van der Waals surface area contributed by atoms with Gasteiger partial charge < -0.3 is 14.4 Å². The van der Waals surface area contributed by atoms with Crippen LogP contribution in [0.3, 0.4) is 0 Å². The lowest BCUT2D eigenvalue weighted by Gasteiger charge is -2.16. The zero-order valence-electron chi connectivity index (χ0n) is 9.20. The molecule has 0 unspecified atom stereocenters. The van der Waals surface area contributed by atoms with Crippen LogP contribution in [-0.2, 0) is 6.54 Å². The van der Waals surface area contributed by atoms with E-state index in [0.717, 1.165) is 5.76 Å². The summed E-state index contributed by atoms with van der Waals surface area (Å²) >= 11 is 0. The van der Waals surface area contributed by atoms with Crippen molar-refractivity contribution in [3.63, 3.8) is 0 Å². The van der Waals surface area contributed by atoms with E-state index in [1.54, 1.807) is 24.3 Å². The molecule has 0 fully saturated rings. The predicted molar refractivity (Wildman–Crippen MR) is 59.8 cm³/mol. The molecule has 0 atom stereocenters. The molecule has 6 heteroatoms. The number of hydrogen-bond donors (Lipinski definition) is 1. The number of hydrogen-bond acceptors (Lipinski definition) is 5. The van der Waals surface area contributed by atoms with Gasteiger partial charge in [-0.25, -0.2) is 9.78 Å². The molecule has 6 nitrogen and oxygen atoms in total. The van der Waals surface area contributed by atoms with Crippen LogP contribution in [-0.4, -0.2) is 28.1 Å². The average molecular weight is 233 g/mol. The summed E-state index contributed by atoms with van der Waals surface area (Å²) in [5.74, 6) is 0.169. The fraction of sp³-hybridized carbons (Fsp3) is 0.182. The first-order valence-corrected chi connectivity index (χ1v) is 4.95. The topological polar surface area (TPSA) is 79.5 Å². The maximum absolute atomic E-state index is 10.8. The second-order valence-electron chi connectivity index (χ2n) is 3.50. The highest BCUT2D eigenvalue weighted by Crippen LogP contribution is 2.12. The number of carboxylic acid groups (broad SMARTS) is 1. The van der Waals surface area contributed by atoms with Crippen LogP contribution in [0.25, 0.3) is 0 Å². The summed E-state index contributed by atoms with van der Waals surface area (Å²) in [4.78, 5) is 20.3. The van der Waals surface area contributed by atoms with Crippen molar-refractivity contribution >= 4 is 11.8 Å². The van der Waals surface area contributed by atoms with Gasteiger partial charge in [-0.1, -0.05) is 0 Å². The monoisotopic (exact) mass is 233 g/mol. The van der Waals surface area contributed by atoms with Gasteiger partial charge in [0.25, 0.3) is 0 Å². The molecule has 2 aromatic heterocycles. The Bertz CT molecular complexity index is 510. The summed E-state index contributed by atoms with van der Waals surface area (Å²) in [6, 6.07) is 3.63. The Balaban J connectivity index is 2.16. The first kappa shape index (κ1) is 11.1. The highest BCUT2D eigenvalue weighted by Gasteiger charge is 2.10. The van der Waals surface area contributed by atoms with Gasteiger partial charge in [-0.15, -0.1) is 0 Å².